The first-order valence-electron chi connectivity index (χ1n) is 13.3. The number of nitrogens with one attached hydrogen (secondary N) is 2. The van der Waals surface area contributed by atoms with E-state index in [-0.39, 0.29) is 6.10 Å². The van der Waals surface area contributed by atoms with Crippen LogP contribution < -0.4 is 10.6 Å². The van der Waals surface area contributed by atoms with Gasteiger partial charge in [0.05, 0.1) is 6.10 Å². The maximum absolute atomic E-state index is 9.93. The molecule has 186 valence electrons. The fourth-order valence-corrected chi connectivity index (χ4v) is 5.96. The number of rotatable bonds is 7. The summed E-state index contributed by atoms with van der Waals surface area (Å²) in [4.78, 5) is 16.3. The van der Waals surface area contributed by atoms with Gasteiger partial charge >= 0.3 is 0 Å². The van der Waals surface area contributed by atoms with E-state index in [2.05, 4.69) is 31.6 Å². The number of aliphatic hydroxyl groups is 1. The minimum Gasteiger partial charge on any atom is -0.393 e. The van der Waals surface area contributed by atoms with Gasteiger partial charge < -0.3 is 20.6 Å². The zero-order chi connectivity index (χ0) is 24.0. The number of aliphatic hydroxyl groups excluding tert-OH is 1. The van der Waals surface area contributed by atoms with Gasteiger partial charge in [-0.1, -0.05) is 12.8 Å². The van der Waals surface area contributed by atoms with Crippen LogP contribution >= 0.6 is 0 Å². The fraction of sp³-hybridized carbons (Fsp3) is 0.630. The molecule has 2 aromatic heterocycles. The van der Waals surface area contributed by atoms with Gasteiger partial charge in [-0.2, -0.15) is 10.2 Å². The van der Waals surface area contributed by atoms with Crippen LogP contribution in [0.4, 0.5) is 17.5 Å². The average Bonchev–Trinajstić information content (AvgIpc) is 3.39. The molecule has 0 atom stereocenters. The number of hydrogen-bond donors (Lipinski definition) is 3. The first kappa shape index (κ1) is 24.0. The molecule has 0 amide bonds. The maximum Gasteiger partial charge on any atom is 0.229 e. The minimum atomic E-state index is -0.180. The maximum atomic E-state index is 9.93. The standard InChI is InChI=1S/C27H37N7O/c28-16-23-15-22(9-12-29-23)32-27-30-17-25(26(33-27)31-21-5-7-24(35)8-6-21)20-10-13-34(14-11-20)18-19-3-1-2-4-19/h9,12,15,17,19-21,24,35H,1-8,10-11,13-14,18H2,(H2,29,30,31,32,33)/t21-,24-. The lowest BCUT2D eigenvalue weighted by molar-refractivity contribution is 0.126. The van der Waals surface area contributed by atoms with E-state index >= 15 is 0 Å². The Morgan fingerprint density at radius 2 is 1.80 bits per heavy atom. The summed E-state index contributed by atoms with van der Waals surface area (Å²) in [6.45, 7) is 3.55. The smallest absolute Gasteiger partial charge is 0.229 e. The number of pyridine rings is 1. The van der Waals surface area contributed by atoms with Crippen LogP contribution in [0.5, 0.6) is 0 Å². The molecule has 0 aromatic carbocycles. The van der Waals surface area contributed by atoms with E-state index in [9.17, 15) is 5.11 Å². The molecule has 0 spiro atoms. The molecule has 5 rings (SSSR count). The van der Waals surface area contributed by atoms with E-state index in [1.165, 1.54) is 37.8 Å². The first-order valence-corrected chi connectivity index (χ1v) is 13.3. The highest BCUT2D eigenvalue weighted by Crippen LogP contribution is 2.35. The van der Waals surface area contributed by atoms with Crippen LogP contribution in [0, 0.1) is 17.2 Å². The molecule has 3 heterocycles. The summed E-state index contributed by atoms with van der Waals surface area (Å²) in [5.74, 6) is 2.77. The van der Waals surface area contributed by atoms with Crippen LogP contribution in [-0.4, -0.2) is 56.7 Å². The van der Waals surface area contributed by atoms with E-state index in [1.807, 2.05) is 12.3 Å². The van der Waals surface area contributed by atoms with Crippen LogP contribution in [0.2, 0.25) is 0 Å². The molecule has 2 saturated carbocycles. The van der Waals surface area contributed by atoms with E-state index in [0.717, 1.165) is 69.0 Å². The molecule has 8 heteroatoms. The van der Waals surface area contributed by atoms with Crippen LogP contribution in [0.15, 0.2) is 24.5 Å². The van der Waals surface area contributed by atoms with Crippen molar-refractivity contribution in [3.63, 3.8) is 0 Å². The Hall–Kier alpha value is -2.76. The molecule has 3 N–H and O–H groups in total. The molecule has 0 bridgehead atoms. The Kier molecular flexibility index (Phi) is 7.75. The minimum absolute atomic E-state index is 0.180. The third-order valence-corrected chi connectivity index (χ3v) is 8.00. The third-order valence-electron chi connectivity index (χ3n) is 8.00. The molecule has 3 fully saturated rings. The van der Waals surface area contributed by atoms with Crippen LogP contribution in [-0.2, 0) is 0 Å². The Morgan fingerprint density at radius 3 is 2.54 bits per heavy atom. The normalized spacial score (nSPS) is 24.2. The van der Waals surface area contributed by atoms with Gasteiger partial charge in [0.2, 0.25) is 5.95 Å². The van der Waals surface area contributed by atoms with Crippen molar-refractivity contribution in [3.05, 3.63) is 35.8 Å². The predicted molar refractivity (Wildman–Crippen MR) is 137 cm³/mol. The topological polar surface area (TPSA) is 110 Å². The summed E-state index contributed by atoms with van der Waals surface area (Å²) < 4.78 is 0. The monoisotopic (exact) mass is 475 g/mol. The van der Waals surface area contributed by atoms with Gasteiger partial charge in [0, 0.05) is 36.2 Å². The van der Waals surface area contributed by atoms with Gasteiger partial charge in [-0.05, 0) is 88.4 Å². The van der Waals surface area contributed by atoms with Gasteiger partial charge in [0.25, 0.3) is 0 Å². The largest absolute Gasteiger partial charge is 0.393 e. The Balaban J connectivity index is 1.30. The average molecular weight is 476 g/mol. The number of anilines is 3. The molecule has 8 nitrogen and oxygen atoms in total. The van der Waals surface area contributed by atoms with Crippen molar-refractivity contribution in [1.82, 2.24) is 19.9 Å². The van der Waals surface area contributed by atoms with Crippen molar-refractivity contribution in [3.8, 4) is 6.07 Å². The van der Waals surface area contributed by atoms with Crippen molar-refractivity contribution < 1.29 is 5.11 Å². The zero-order valence-corrected chi connectivity index (χ0v) is 20.5. The molecule has 35 heavy (non-hydrogen) atoms. The lowest BCUT2D eigenvalue weighted by Crippen LogP contribution is -2.36. The fourth-order valence-electron chi connectivity index (χ4n) is 5.96. The summed E-state index contributed by atoms with van der Waals surface area (Å²) in [5.41, 5.74) is 2.31. The lowest BCUT2D eigenvalue weighted by atomic mass is 9.89. The highest BCUT2D eigenvalue weighted by atomic mass is 16.3. The summed E-state index contributed by atoms with van der Waals surface area (Å²) in [7, 11) is 0. The van der Waals surface area contributed by atoms with Crippen molar-refractivity contribution in [2.45, 2.75) is 82.3 Å². The van der Waals surface area contributed by atoms with Gasteiger partial charge in [0.15, 0.2) is 0 Å². The van der Waals surface area contributed by atoms with Gasteiger partial charge in [0.1, 0.15) is 17.6 Å². The molecule has 0 unspecified atom stereocenters. The Bertz CT molecular complexity index is 1020. The quantitative estimate of drug-likeness (QED) is 0.534. The SMILES string of the molecule is N#Cc1cc(Nc2ncc(C3CCN(CC4CCCC4)CC3)c(N[C@H]3CC[C@H](O)CC3)n2)ccn1. The molecule has 2 aromatic rings. The number of hydrogen-bond acceptors (Lipinski definition) is 8. The highest BCUT2D eigenvalue weighted by Gasteiger charge is 2.28. The van der Waals surface area contributed by atoms with Crippen molar-refractivity contribution in [2.24, 2.45) is 5.92 Å². The van der Waals surface area contributed by atoms with E-state index < -0.39 is 0 Å². The predicted octanol–water partition coefficient (Wildman–Crippen LogP) is 4.57. The lowest BCUT2D eigenvalue weighted by Gasteiger charge is -2.34. The second kappa shape index (κ2) is 11.3. The Labute approximate surface area is 208 Å². The second-order valence-electron chi connectivity index (χ2n) is 10.5. The molecule has 3 aliphatic rings. The first-order chi connectivity index (χ1) is 17.2. The zero-order valence-electron chi connectivity index (χ0n) is 20.5. The number of likely N-dealkylation sites (tertiary alicyclic amines) is 1. The van der Waals surface area contributed by atoms with E-state index in [4.69, 9.17) is 10.2 Å². The van der Waals surface area contributed by atoms with Gasteiger partial charge in [-0.25, -0.2) is 9.97 Å². The molecule has 0 radical (unpaired) electrons. The molecular weight excluding hydrogens is 438 g/mol. The molecule has 1 saturated heterocycles. The van der Waals surface area contributed by atoms with E-state index in [0.29, 0.717) is 23.6 Å². The third kappa shape index (κ3) is 6.28. The van der Waals surface area contributed by atoms with Crippen molar-refractivity contribution in [2.75, 3.05) is 30.3 Å². The number of piperidine rings is 1. The summed E-state index contributed by atoms with van der Waals surface area (Å²) in [6, 6.07) is 5.90. The van der Waals surface area contributed by atoms with Gasteiger partial charge in [-0.15, -0.1) is 0 Å². The van der Waals surface area contributed by atoms with Crippen LogP contribution in [0.25, 0.3) is 0 Å². The second-order valence-corrected chi connectivity index (χ2v) is 10.5. The number of nitriles is 1. The van der Waals surface area contributed by atoms with E-state index in [1.54, 1.807) is 12.3 Å². The summed E-state index contributed by atoms with van der Waals surface area (Å²) in [5, 5.41) is 26.0. The van der Waals surface area contributed by atoms with Crippen molar-refractivity contribution >= 4 is 17.5 Å². The molecule has 2 aliphatic carbocycles. The number of aromatic nitrogens is 3. The Morgan fingerprint density at radius 1 is 1.03 bits per heavy atom. The summed E-state index contributed by atoms with van der Waals surface area (Å²) in [6.07, 6.45) is 14.9. The number of nitrogens with zero attached hydrogens (tertiary/aromatic N) is 5. The highest BCUT2D eigenvalue weighted by molar-refractivity contribution is 5.57. The molecular formula is C27H37N7O. The van der Waals surface area contributed by atoms with Crippen molar-refractivity contribution in [1.29, 1.82) is 5.26 Å². The van der Waals surface area contributed by atoms with Crippen LogP contribution in [0.3, 0.4) is 0 Å². The summed E-state index contributed by atoms with van der Waals surface area (Å²) >= 11 is 0. The molecule has 1 aliphatic heterocycles. The van der Waals surface area contributed by atoms with Crippen LogP contribution in [0.1, 0.15) is 81.4 Å². The van der Waals surface area contributed by atoms with Gasteiger partial charge in [-0.3, -0.25) is 0 Å².